The van der Waals surface area contributed by atoms with Crippen LogP contribution in [0.4, 0.5) is 0 Å². The lowest BCUT2D eigenvalue weighted by Crippen LogP contribution is -2.56. The number of carbonyl (C=O) groups excluding carboxylic acids is 2. The maximum atomic E-state index is 14.3. The van der Waals surface area contributed by atoms with Crippen molar-refractivity contribution < 1.29 is 19.1 Å². The van der Waals surface area contributed by atoms with Gasteiger partial charge in [0.1, 0.15) is 5.75 Å². The molecule has 6 nitrogen and oxygen atoms in total. The second kappa shape index (κ2) is 10.6. The molecule has 0 radical (unpaired) electrons. The fraction of sp³-hybridized carbons (Fsp3) is 0.613. The average Bonchev–Trinajstić information content (AvgIpc) is 3.40. The summed E-state index contributed by atoms with van der Waals surface area (Å²) in [6.45, 7) is 1.98. The molecule has 1 aliphatic heterocycles. The molecule has 0 N–H and O–H groups in total. The first-order valence-corrected chi connectivity index (χ1v) is 15.2. The predicted molar refractivity (Wildman–Crippen MR) is 148 cm³/mol. The smallest absolute Gasteiger partial charge is 0.242 e. The van der Waals surface area contributed by atoms with Crippen molar-refractivity contribution in [2.45, 2.75) is 57.4 Å². The molecular weight excluding hydrogens is 496 g/mol. The van der Waals surface area contributed by atoms with Gasteiger partial charge in [-0.2, -0.15) is 0 Å². The standard InChI is InChI=1S/C31H40N2O4S/c1-36-12-3-10-32(30(35)31-17-21-14-22(18-31)16-23(15-21)19-31)20-28(34)33-11-8-27-26(9-13-38-27)29(33)24-4-6-25(37-2)7-5-24/h4-7,9,13,21-23,29H,3,8,10-12,14-20H2,1-2H3. The van der Waals surface area contributed by atoms with Gasteiger partial charge in [0.05, 0.1) is 25.1 Å². The molecule has 0 saturated heterocycles. The number of thiophene rings is 1. The van der Waals surface area contributed by atoms with Crippen LogP contribution >= 0.6 is 11.3 Å². The largest absolute Gasteiger partial charge is 0.497 e. The van der Waals surface area contributed by atoms with Crippen LogP contribution in [-0.2, 0) is 20.7 Å². The Kier molecular flexibility index (Phi) is 7.25. The van der Waals surface area contributed by atoms with E-state index in [9.17, 15) is 9.59 Å². The van der Waals surface area contributed by atoms with Crippen LogP contribution in [0.5, 0.6) is 5.75 Å². The molecule has 7 rings (SSSR count). The van der Waals surface area contributed by atoms with E-state index in [4.69, 9.17) is 9.47 Å². The van der Waals surface area contributed by atoms with Crippen LogP contribution in [0.2, 0.25) is 0 Å². The van der Waals surface area contributed by atoms with E-state index in [1.165, 1.54) is 29.7 Å². The number of hydrogen-bond acceptors (Lipinski definition) is 5. The minimum absolute atomic E-state index is 0.0400. The highest BCUT2D eigenvalue weighted by Gasteiger charge is 2.55. The highest BCUT2D eigenvalue weighted by Crippen LogP contribution is 2.60. The van der Waals surface area contributed by atoms with Crippen LogP contribution in [-0.4, -0.2) is 62.1 Å². The third kappa shape index (κ3) is 4.77. The number of hydrogen-bond donors (Lipinski definition) is 0. The van der Waals surface area contributed by atoms with Gasteiger partial charge in [-0.3, -0.25) is 9.59 Å². The number of fused-ring (bicyclic) bond motifs is 1. The van der Waals surface area contributed by atoms with Crippen LogP contribution in [0.15, 0.2) is 35.7 Å². The summed E-state index contributed by atoms with van der Waals surface area (Å²) in [6, 6.07) is 10.1. The van der Waals surface area contributed by atoms with Crippen molar-refractivity contribution in [3.8, 4) is 5.75 Å². The molecule has 1 aromatic carbocycles. The van der Waals surface area contributed by atoms with Crippen molar-refractivity contribution >= 4 is 23.2 Å². The molecule has 2 heterocycles. The van der Waals surface area contributed by atoms with Gasteiger partial charge in [-0.15, -0.1) is 11.3 Å². The summed E-state index contributed by atoms with van der Waals surface area (Å²) in [5.41, 5.74) is 2.04. The third-order valence-corrected chi connectivity index (χ3v) is 10.6. The molecular formula is C31H40N2O4S. The van der Waals surface area contributed by atoms with Gasteiger partial charge >= 0.3 is 0 Å². The molecule has 38 heavy (non-hydrogen) atoms. The summed E-state index contributed by atoms with van der Waals surface area (Å²) >= 11 is 1.77. The summed E-state index contributed by atoms with van der Waals surface area (Å²) in [7, 11) is 3.36. The number of ether oxygens (including phenoxy) is 2. The summed E-state index contributed by atoms with van der Waals surface area (Å²) in [6.07, 6.45) is 8.56. The highest BCUT2D eigenvalue weighted by atomic mass is 32.1. The topological polar surface area (TPSA) is 59.1 Å². The highest BCUT2D eigenvalue weighted by molar-refractivity contribution is 7.10. The minimum atomic E-state index is -0.250. The lowest BCUT2D eigenvalue weighted by Gasteiger charge is -2.56. The van der Waals surface area contributed by atoms with Gasteiger partial charge in [0.2, 0.25) is 11.8 Å². The van der Waals surface area contributed by atoms with E-state index < -0.39 is 0 Å². The first-order chi connectivity index (χ1) is 18.5. The normalized spacial score (nSPS) is 29.3. The van der Waals surface area contributed by atoms with Gasteiger partial charge in [0.15, 0.2) is 0 Å². The summed E-state index contributed by atoms with van der Waals surface area (Å²) in [5, 5.41) is 2.13. The predicted octanol–water partition coefficient (Wildman–Crippen LogP) is 5.31. The van der Waals surface area contributed by atoms with Crippen LogP contribution in [0.1, 0.15) is 67.0 Å². The van der Waals surface area contributed by atoms with E-state index in [-0.39, 0.29) is 29.8 Å². The Hall–Kier alpha value is -2.38. The second-order valence-corrected chi connectivity index (χ2v) is 13.1. The molecule has 7 heteroatoms. The van der Waals surface area contributed by atoms with E-state index in [2.05, 4.69) is 23.6 Å². The minimum Gasteiger partial charge on any atom is -0.497 e. The molecule has 5 aliphatic rings. The lowest BCUT2D eigenvalue weighted by molar-refractivity contribution is -0.160. The molecule has 1 atom stereocenters. The number of methoxy groups -OCH3 is 2. The number of carbonyl (C=O) groups is 2. The fourth-order valence-corrected chi connectivity index (χ4v) is 9.25. The Morgan fingerprint density at radius 1 is 1.03 bits per heavy atom. The van der Waals surface area contributed by atoms with Crippen molar-refractivity contribution in [1.29, 1.82) is 0 Å². The molecule has 4 fully saturated rings. The van der Waals surface area contributed by atoms with Gasteiger partial charge in [0.25, 0.3) is 0 Å². The first kappa shape index (κ1) is 25.9. The van der Waals surface area contributed by atoms with E-state index in [0.717, 1.165) is 43.4 Å². The Bertz CT molecular complexity index is 1120. The molecule has 1 unspecified atom stereocenters. The van der Waals surface area contributed by atoms with Crippen LogP contribution in [0.3, 0.4) is 0 Å². The van der Waals surface area contributed by atoms with Gasteiger partial charge in [-0.05, 0) is 104 Å². The molecule has 204 valence electrons. The Morgan fingerprint density at radius 3 is 2.34 bits per heavy atom. The molecule has 2 amide bonds. The molecule has 4 bridgehead atoms. The van der Waals surface area contributed by atoms with Crippen molar-refractivity contribution in [3.05, 3.63) is 51.7 Å². The Balaban J connectivity index is 1.25. The first-order valence-electron chi connectivity index (χ1n) is 14.3. The molecule has 1 aromatic heterocycles. The van der Waals surface area contributed by atoms with Crippen LogP contribution < -0.4 is 4.74 Å². The number of amides is 2. The second-order valence-electron chi connectivity index (χ2n) is 12.1. The van der Waals surface area contributed by atoms with Crippen LogP contribution in [0, 0.1) is 23.2 Å². The van der Waals surface area contributed by atoms with E-state index in [1.54, 1.807) is 25.6 Å². The van der Waals surface area contributed by atoms with Gasteiger partial charge in [-0.1, -0.05) is 12.1 Å². The average molecular weight is 537 g/mol. The third-order valence-electron chi connectivity index (χ3n) is 9.60. The monoisotopic (exact) mass is 536 g/mol. The molecule has 0 spiro atoms. The summed E-state index contributed by atoms with van der Waals surface area (Å²) < 4.78 is 10.7. The SMILES string of the molecule is COCCCN(CC(=O)N1CCc2sccc2C1c1ccc(OC)cc1)C(=O)C12CC3CC(CC(C3)C1)C2. The van der Waals surface area contributed by atoms with Gasteiger partial charge in [-0.25, -0.2) is 0 Å². The van der Waals surface area contributed by atoms with E-state index >= 15 is 0 Å². The number of benzene rings is 1. The molecule has 4 saturated carbocycles. The van der Waals surface area contributed by atoms with Crippen molar-refractivity contribution in [2.75, 3.05) is 40.5 Å². The quantitative estimate of drug-likeness (QED) is 0.408. The zero-order valence-electron chi connectivity index (χ0n) is 22.7. The maximum Gasteiger partial charge on any atom is 0.242 e. The van der Waals surface area contributed by atoms with E-state index in [1.807, 2.05) is 21.9 Å². The summed E-state index contributed by atoms with van der Waals surface area (Å²) in [5.74, 6) is 3.16. The van der Waals surface area contributed by atoms with Crippen molar-refractivity contribution in [2.24, 2.45) is 23.2 Å². The van der Waals surface area contributed by atoms with Crippen molar-refractivity contribution in [1.82, 2.24) is 9.80 Å². The zero-order chi connectivity index (χ0) is 26.3. The molecule has 2 aromatic rings. The fourth-order valence-electron chi connectivity index (χ4n) is 8.34. The summed E-state index contributed by atoms with van der Waals surface area (Å²) in [4.78, 5) is 33.6. The number of rotatable bonds is 9. The van der Waals surface area contributed by atoms with Gasteiger partial charge in [0, 0.05) is 31.7 Å². The van der Waals surface area contributed by atoms with Gasteiger partial charge < -0.3 is 19.3 Å². The number of nitrogens with zero attached hydrogens (tertiary/aromatic N) is 2. The van der Waals surface area contributed by atoms with Crippen LogP contribution in [0.25, 0.3) is 0 Å². The van der Waals surface area contributed by atoms with E-state index in [0.29, 0.717) is 37.5 Å². The molecule has 4 aliphatic carbocycles. The zero-order valence-corrected chi connectivity index (χ0v) is 23.5. The van der Waals surface area contributed by atoms with Crippen molar-refractivity contribution in [3.63, 3.8) is 0 Å². The maximum absolute atomic E-state index is 14.3. The Morgan fingerprint density at radius 2 is 1.71 bits per heavy atom. The lowest BCUT2D eigenvalue weighted by atomic mass is 9.49. The Labute approximate surface area is 230 Å².